The number of carbonyl (C=O) groups excluding carboxylic acids is 2. The minimum Gasteiger partial charge on any atom is -0.496 e. The van der Waals surface area contributed by atoms with Crippen LogP contribution in [-0.4, -0.2) is 48.5 Å². The SMILES string of the molecule is COc1ccc(C(NC(=O)C2CC(=O)N(C)C2)C(=O)O)cc1Br. The molecule has 1 saturated heterocycles. The fraction of sp³-hybridized carbons (Fsp3) is 0.400. The minimum absolute atomic E-state index is 0.0982. The fourth-order valence-electron chi connectivity index (χ4n) is 2.45. The lowest BCUT2D eigenvalue weighted by Gasteiger charge is -2.18. The molecule has 0 spiro atoms. The number of likely N-dealkylation sites (tertiary alicyclic amines) is 1. The number of rotatable bonds is 5. The first-order chi connectivity index (χ1) is 10.8. The lowest BCUT2D eigenvalue weighted by molar-refractivity contribution is -0.142. The molecule has 2 amide bonds. The number of hydrogen-bond acceptors (Lipinski definition) is 4. The fourth-order valence-corrected chi connectivity index (χ4v) is 3.01. The van der Waals surface area contributed by atoms with Gasteiger partial charge in [-0.2, -0.15) is 0 Å². The molecule has 0 radical (unpaired) electrons. The Morgan fingerprint density at radius 2 is 2.17 bits per heavy atom. The Labute approximate surface area is 141 Å². The van der Waals surface area contributed by atoms with E-state index in [4.69, 9.17) is 4.74 Å². The highest BCUT2D eigenvalue weighted by atomic mass is 79.9. The van der Waals surface area contributed by atoms with Crippen LogP contribution in [0.15, 0.2) is 22.7 Å². The molecule has 0 saturated carbocycles. The summed E-state index contributed by atoms with van der Waals surface area (Å²) in [5.74, 6) is -1.71. The van der Waals surface area contributed by atoms with E-state index in [0.717, 1.165) is 0 Å². The predicted octanol–water partition coefficient (Wildman–Crippen LogP) is 1.18. The summed E-state index contributed by atoms with van der Waals surface area (Å²) in [7, 11) is 3.12. The van der Waals surface area contributed by atoms with Gasteiger partial charge in [0.05, 0.1) is 17.5 Å². The summed E-state index contributed by atoms with van der Waals surface area (Å²) in [4.78, 5) is 36.7. The van der Waals surface area contributed by atoms with Crippen molar-refractivity contribution in [1.82, 2.24) is 10.2 Å². The summed E-state index contributed by atoms with van der Waals surface area (Å²) >= 11 is 3.29. The molecular formula is C15H17BrN2O5. The third kappa shape index (κ3) is 3.82. The number of carboxylic acid groups (broad SMARTS) is 1. The molecule has 0 bridgehead atoms. The number of carboxylic acids is 1. The quantitative estimate of drug-likeness (QED) is 0.794. The maximum absolute atomic E-state index is 12.2. The van der Waals surface area contributed by atoms with E-state index in [1.165, 1.54) is 12.0 Å². The summed E-state index contributed by atoms with van der Waals surface area (Å²) in [6.45, 7) is 0.295. The van der Waals surface area contributed by atoms with Crippen molar-refractivity contribution in [1.29, 1.82) is 0 Å². The Morgan fingerprint density at radius 3 is 2.65 bits per heavy atom. The standard InChI is InChI=1S/C15H17BrN2O5/c1-18-7-9(6-12(18)19)14(20)17-13(15(21)22)8-3-4-11(23-2)10(16)5-8/h3-5,9,13H,6-7H2,1-2H3,(H,17,20)(H,21,22). The second kappa shape index (κ2) is 6.99. The van der Waals surface area contributed by atoms with Crippen LogP contribution in [-0.2, 0) is 14.4 Å². The van der Waals surface area contributed by atoms with Gasteiger partial charge in [0, 0.05) is 20.0 Å². The number of nitrogens with zero attached hydrogens (tertiary/aromatic N) is 1. The van der Waals surface area contributed by atoms with Crippen molar-refractivity contribution in [2.45, 2.75) is 12.5 Å². The van der Waals surface area contributed by atoms with Gasteiger partial charge in [0.1, 0.15) is 5.75 Å². The molecule has 124 valence electrons. The molecule has 2 atom stereocenters. The number of ether oxygens (including phenoxy) is 1. The molecule has 1 aromatic carbocycles. The van der Waals surface area contributed by atoms with Crippen molar-refractivity contribution in [3.05, 3.63) is 28.2 Å². The van der Waals surface area contributed by atoms with Gasteiger partial charge < -0.3 is 20.1 Å². The summed E-state index contributed by atoms with van der Waals surface area (Å²) in [6, 6.07) is 3.60. The lowest BCUT2D eigenvalue weighted by atomic mass is 10.0. The number of nitrogens with one attached hydrogen (secondary N) is 1. The molecule has 1 aromatic rings. The largest absolute Gasteiger partial charge is 0.496 e. The molecule has 1 heterocycles. The molecule has 0 aliphatic carbocycles. The van der Waals surface area contributed by atoms with Crippen LogP contribution in [0.3, 0.4) is 0 Å². The van der Waals surface area contributed by atoms with Crippen molar-refractivity contribution in [3.8, 4) is 5.75 Å². The van der Waals surface area contributed by atoms with Gasteiger partial charge in [-0.3, -0.25) is 9.59 Å². The van der Waals surface area contributed by atoms with E-state index in [1.807, 2.05) is 0 Å². The van der Waals surface area contributed by atoms with Gasteiger partial charge in [-0.15, -0.1) is 0 Å². The van der Waals surface area contributed by atoms with E-state index in [-0.39, 0.29) is 12.3 Å². The van der Waals surface area contributed by atoms with Crippen LogP contribution in [0.5, 0.6) is 5.75 Å². The van der Waals surface area contributed by atoms with E-state index in [1.54, 1.807) is 25.2 Å². The molecule has 1 fully saturated rings. The van der Waals surface area contributed by atoms with Crippen LogP contribution in [0, 0.1) is 5.92 Å². The number of hydrogen-bond donors (Lipinski definition) is 2. The van der Waals surface area contributed by atoms with Crippen molar-refractivity contribution < 1.29 is 24.2 Å². The van der Waals surface area contributed by atoms with Crippen LogP contribution in [0.4, 0.5) is 0 Å². The zero-order valence-electron chi connectivity index (χ0n) is 12.7. The van der Waals surface area contributed by atoms with Crippen molar-refractivity contribution in [3.63, 3.8) is 0 Å². The van der Waals surface area contributed by atoms with Crippen molar-refractivity contribution in [2.24, 2.45) is 5.92 Å². The van der Waals surface area contributed by atoms with Gasteiger partial charge in [-0.05, 0) is 33.6 Å². The lowest BCUT2D eigenvalue weighted by Crippen LogP contribution is -2.38. The number of methoxy groups -OCH3 is 1. The van der Waals surface area contributed by atoms with E-state index in [9.17, 15) is 19.5 Å². The van der Waals surface area contributed by atoms with E-state index in [0.29, 0.717) is 22.3 Å². The summed E-state index contributed by atoms with van der Waals surface area (Å²) in [6.07, 6.45) is 0.0982. The topological polar surface area (TPSA) is 95.9 Å². The number of halogens is 1. The molecule has 1 aliphatic heterocycles. The van der Waals surface area contributed by atoms with Gasteiger partial charge in [-0.25, -0.2) is 4.79 Å². The average Bonchev–Trinajstić information content (AvgIpc) is 2.84. The highest BCUT2D eigenvalue weighted by Crippen LogP contribution is 2.28. The smallest absolute Gasteiger partial charge is 0.330 e. The molecule has 2 unspecified atom stereocenters. The third-order valence-electron chi connectivity index (χ3n) is 3.75. The maximum atomic E-state index is 12.2. The predicted molar refractivity (Wildman–Crippen MR) is 85.0 cm³/mol. The van der Waals surface area contributed by atoms with Gasteiger partial charge in [0.15, 0.2) is 6.04 Å². The van der Waals surface area contributed by atoms with E-state index < -0.39 is 23.8 Å². The molecule has 2 N–H and O–H groups in total. The summed E-state index contributed by atoms with van der Waals surface area (Å²) in [5.41, 5.74) is 0.413. The van der Waals surface area contributed by atoms with Gasteiger partial charge in [0.25, 0.3) is 0 Å². The molecule has 8 heteroatoms. The number of aliphatic carboxylic acids is 1. The van der Waals surface area contributed by atoms with Crippen molar-refractivity contribution in [2.75, 3.05) is 20.7 Å². The highest BCUT2D eigenvalue weighted by molar-refractivity contribution is 9.10. The van der Waals surface area contributed by atoms with E-state index in [2.05, 4.69) is 21.2 Å². The monoisotopic (exact) mass is 384 g/mol. The summed E-state index contributed by atoms with van der Waals surface area (Å²) < 4.78 is 5.69. The Morgan fingerprint density at radius 1 is 1.48 bits per heavy atom. The normalized spacial score (nSPS) is 18.7. The van der Waals surface area contributed by atoms with Crippen LogP contribution in [0.1, 0.15) is 18.0 Å². The van der Waals surface area contributed by atoms with Crippen LogP contribution in [0.2, 0.25) is 0 Å². The van der Waals surface area contributed by atoms with Gasteiger partial charge in [-0.1, -0.05) is 6.07 Å². The van der Waals surface area contributed by atoms with Crippen molar-refractivity contribution >= 4 is 33.7 Å². The minimum atomic E-state index is -1.19. The van der Waals surface area contributed by atoms with Crippen LogP contribution in [0.25, 0.3) is 0 Å². The molecule has 23 heavy (non-hydrogen) atoms. The first-order valence-corrected chi connectivity index (χ1v) is 7.73. The second-order valence-corrected chi connectivity index (χ2v) is 6.20. The molecular weight excluding hydrogens is 368 g/mol. The highest BCUT2D eigenvalue weighted by Gasteiger charge is 2.34. The molecule has 2 rings (SSSR count). The Hall–Kier alpha value is -2.09. The average molecular weight is 385 g/mol. The van der Waals surface area contributed by atoms with Gasteiger partial charge in [0.2, 0.25) is 11.8 Å². The van der Waals surface area contributed by atoms with Gasteiger partial charge >= 0.3 is 5.97 Å². The Bertz CT molecular complexity index is 649. The molecule has 7 nitrogen and oxygen atoms in total. The van der Waals surface area contributed by atoms with Crippen LogP contribution >= 0.6 is 15.9 Å². The first-order valence-electron chi connectivity index (χ1n) is 6.94. The molecule has 1 aliphatic rings. The first kappa shape index (κ1) is 17.3. The second-order valence-electron chi connectivity index (χ2n) is 5.35. The third-order valence-corrected chi connectivity index (χ3v) is 4.37. The molecule has 0 aromatic heterocycles. The number of carbonyl (C=O) groups is 3. The summed E-state index contributed by atoms with van der Waals surface area (Å²) in [5, 5.41) is 11.9. The van der Waals surface area contributed by atoms with Crippen LogP contribution < -0.4 is 10.1 Å². The zero-order valence-corrected chi connectivity index (χ0v) is 14.3. The Balaban J connectivity index is 2.16. The van der Waals surface area contributed by atoms with E-state index >= 15 is 0 Å². The zero-order chi connectivity index (χ0) is 17.1. The number of amides is 2. The Kier molecular flexibility index (Phi) is 5.25. The number of benzene rings is 1. The maximum Gasteiger partial charge on any atom is 0.330 e.